The Kier molecular flexibility index (Phi) is 7.82. The molecule has 2 aliphatic heterocycles. The Morgan fingerprint density at radius 2 is 1.88 bits per heavy atom. The van der Waals surface area contributed by atoms with E-state index in [0.29, 0.717) is 68.3 Å². The maximum absolute atomic E-state index is 13.0. The molecule has 0 bridgehead atoms. The minimum absolute atomic E-state index is 0.0900. The van der Waals surface area contributed by atoms with Gasteiger partial charge in [0, 0.05) is 43.3 Å². The first-order chi connectivity index (χ1) is 16.5. The lowest BCUT2D eigenvalue weighted by atomic mass is 9.93. The summed E-state index contributed by atoms with van der Waals surface area (Å²) in [5.74, 6) is -0.0294. The fraction of sp³-hybridized carbons (Fsp3) is 0.462. The number of carbonyl (C=O) groups is 2. The van der Waals surface area contributed by atoms with Gasteiger partial charge in [0.25, 0.3) is 11.8 Å². The molecular formula is C26H33N3O5. The molecule has 1 saturated heterocycles. The molecule has 4 rings (SSSR count). The van der Waals surface area contributed by atoms with Crippen LogP contribution in [0.15, 0.2) is 36.4 Å². The average molecular weight is 468 g/mol. The average Bonchev–Trinajstić information content (AvgIpc) is 2.88. The fourth-order valence-corrected chi connectivity index (χ4v) is 4.56. The summed E-state index contributed by atoms with van der Waals surface area (Å²) < 4.78 is 11.1. The molecule has 0 aliphatic carbocycles. The number of nitrogens with one attached hydrogen (secondary N) is 2. The molecule has 2 aromatic rings. The summed E-state index contributed by atoms with van der Waals surface area (Å²) in [6.45, 7) is 6.94. The highest BCUT2D eigenvalue weighted by atomic mass is 16.5. The number of morpholine rings is 1. The molecule has 0 saturated carbocycles. The summed E-state index contributed by atoms with van der Waals surface area (Å²) in [6, 6.07) is 11.3. The maximum Gasteiger partial charge on any atom is 0.255 e. The molecule has 1 fully saturated rings. The second-order valence-corrected chi connectivity index (χ2v) is 8.69. The van der Waals surface area contributed by atoms with Crippen LogP contribution >= 0.6 is 0 Å². The number of fused-ring (bicyclic) bond motifs is 1. The van der Waals surface area contributed by atoms with Crippen molar-refractivity contribution >= 4 is 11.8 Å². The van der Waals surface area contributed by atoms with Crippen LogP contribution in [0.1, 0.15) is 44.3 Å². The van der Waals surface area contributed by atoms with E-state index in [-0.39, 0.29) is 24.4 Å². The number of aliphatic hydroxyl groups is 1. The highest BCUT2D eigenvalue weighted by molar-refractivity contribution is 6.01. The lowest BCUT2D eigenvalue weighted by molar-refractivity contribution is 0.0302. The van der Waals surface area contributed by atoms with E-state index in [0.717, 1.165) is 0 Å². The smallest absolute Gasteiger partial charge is 0.255 e. The zero-order valence-corrected chi connectivity index (χ0v) is 19.8. The van der Waals surface area contributed by atoms with Crippen LogP contribution in [0.3, 0.4) is 0 Å². The van der Waals surface area contributed by atoms with Gasteiger partial charge < -0.3 is 30.1 Å². The van der Waals surface area contributed by atoms with Crippen molar-refractivity contribution in [1.82, 2.24) is 15.5 Å². The number of carbonyl (C=O) groups excluding carboxylic acids is 2. The van der Waals surface area contributed by atoms with Crippen molar-refractivity contribution < 1.29 is 24.2 Å². The predicted octanol–water partition coefficient (Wildman–Crippen LogP) is 1.67. The Labute approximate surface area is 200 Å². The minimum Gasteiger partial charge on any atom is -0.493 e. The van der Waals surface area contributed by atoms with Crippen molar-refractivity contribution in [2.45, 2.75) is 39.0 Å². The number of nitrogens with zero attached hydrogens (tertiary/aromatic N) is 1. The Bertz CT molecular complexity index is 1040. The van der Waals surface area contributed by atoms with Gasteiger partial charge in [0.15, 0.2) is 0 Å². The van der Waals surface area contributed by atoms with Crippen molar-refractivity contribution in [2.24, 2.45) is 0 Å². The molecule has 0 radical (unpaired) electrons. The second-order valence-electron chi connectivity index (χ2n) is 8.69. The topological polar surface area (TPSA) is 100 Å². The molecule has 8 nitrogen and oxygen atoms in total. The van der Waals surface area contributed by atoms with Gasteiger partial charge in [0.05, 0.1) is 31.5 Å². The van der Waals surface area contributed by atoms with Gasteiger partial charge in [-0.25, -0.2) is 0 Å². The minimum atomic E-state index is -0.740. The quantitative estimate of drug-likeness (QED) is 0.573. The summed E-state index contributed by atoms with van der Waals surface area (Å²) in [5.41, 5.74) is 3.96. The fourth-order valence-electron chi connectivity index (χ4n) is 4.56. The number of amides is 2. The van der Waals surface area contributed by atoms with Gasteiger partial charge >= 0.3 is 0 Å². The van der Waals surface area contributed by atoms with E-state index in [2.05, 4.69) is 22.8 Å². The zero-order valence-electron chi connectivity index (χ0n) is 19.8. The van der Waals surface area contributed by atoms with Gasteiger partial charge in [0.2, 0.25) is 0 Å². The highest BCUT2D eigenvalue weighted by Crippen LogP contribution is 2.28. The number of hydrogen-bond acceptors (Lipinski definition) is 6. The Balaban J connectivity index is 1.44. The number of ether oxygens (including phenoxy) is 2. The van der Waals surface area contributed by atoms with Crippen LogP contribution in [0.25, 0.3) is 0 Å². The number of aliphatic hydroxyl groups excluding tert-OH is 1. The van der Waals surface area contributed by atoms with Crippen LogP contribution in [-0.2, 0) is 17.7 Å². The van der Waals surface area contributed by atoms with Crippen molar-refractivity contribution in [1.29, 1.82) is 0 Å². The third kappa shape index (κ3) is 5.24. The normalized spacial score (nSPS) is 18.7. The largest absolute Gasteiger partial charge is 0.493 e. The number of rotatable bonds is 7. The molecule has 182 valence electrons. The van der Waals surface area contributed by atoms with Gasteiger partial charge in [0.1, 0.15) is 5.75 Å². The summed E-state index contributed by atoms with van der Waals surface area (Å²) in [7, 11) is 0. The first kappa shape index (κ1) is 24.2. The van der Waals surface area contributed by atoms with Crippen LogP contribution in [-0.4, -0.2) is 73.4 Å². The Morgan fingerprint density at radius 3 is 2.62 bits per heavy atom. The van der Waals surface area contributed by atoms with E-state index in [1.807, 2.05) is 19.1 Å². The third-order valence-corrected chi connectivity index (χ3v) is 6.52. The van der Waals surface area contributed by atoms with E-state index in [1.165, 1.54) is 11.1 Å². The van der Waals surface area contributed by atoms with Gasteiger partial charge in [-0.2, -0.15) is 0 Å². The summed E-state index contributed by atoms with van der Waals surface area (Å²) in [5, 5.41) is 16.9. The summed E-state index contributed by atoms with van der Waals surface area (Å²) >= 11 is 0. The van der Waals surface area contributed by atoms with Gasteiger partial charge in [-0.15, -0.1) is 0 Å². The van der Waals surface area contributed by atoms with E-state index in [4.69, 9.17) is 9.47 Å². The predicted molar refractivity (Wildman–Crippen MR) is 128 cm³/mol. The van der Waals surface area contributed by atoms with Crippen LogP contribution in [0, 0.1) is 6.92 Å². The standard InChI is InChI=1S/C26H33N3O5/c1-3-34-24-17(2)20(26(32)29-10-12-33-13-11-29)8-9-21(24)25(31)28-16-23(30)22-14-18-6-4-5-7-19(18)15-27-22/h4-9,22-23,27,30H,3,10-16H2,1-2H3,(H,28,31). The monoisotopic (exact) mass is 467 g/mol. The third-order valence-electron chi connectivity index (χ3n) is 6.52. The Morgan fingerprint density at radius 1 is 1.18 bits per heavy atom. The van der Waals surface area contributed by atoms with Crippen LogP contribution in [0.4, 0.5) is 0 Å². The maximum atomic E-state index is 13.0. The van der Waals surface area contributed by atoms with E-state index in [9.17, 15) is 14.7 Å². The van der Waals surface area contributed by atoms with Crippen LogP contribution in [0.2, 0.25) is 0 Å². The molecule has 2 unspecified atom stereocenters. The van der Waals surface area contributed by atoms with Crippen molar-refractivity contribution in [3.63, 3.8) is 0 Å². The van der Waals surface area contributed by atoms with Crippen LogP contribution < -0.4 is 15.4 Å². The molecule has 2 amide bonds. The first-order valence-electron chi connectivity index (χ1n) is 11.9. The molecule has 34 heavy (non-hydrogen) atoms. The van der Waals surface area contributed by atoms with E-state index >= 15 is 0 Å². The molecule has 2 aliphatic rings. The van der Waals surface area contributed by atoms with Crippen molar-refractivity contribution in [3.8, 4) is 5.75 Å². The molecule has 2 heterocycles. The number of hydrogen-bond donors (Lipinski definition) is 3. The zero-order chi connectivity index (χ0) is 24.1. The summed E-state index contributed by atoms with van der Waals surface area (Å²) in [4.78, 5) is 27.8. The molecule has 3 N–H and O–H groups in total. The van der Waals surface area contributed by atoms with Crippen molar-refractivity contribution in [3.05, 3.63) is 64.2 Å². The van der Waals surface area contributed by atoms with Gasteiger partial charge in [-0.05, 0) is 43.5 Å². The van der Waals surface area contributed by atoms with Gasteiger partial charge in [-0.3, -0.25) is 9.59 Å². The van der Waals surface area contributed by atoms with Crippen molar-refractivity contribution in [2.75, 3.05) is 39.5 Å². The van der Waals surface area contributed by atoms with E-state index in [1.54, 1.807) is 24.0 Å². The SMILES string of the molecule is CCOc1c(C(=O)NCC(O)C2Cc3ccccc3CN2)ccc(C(=O)N2CCOCC2)c1C. The molecule has 8 heteroatoms. The van der Waals surface area contributed by atoms with Gasteiger partial charge in [-0.1, -0.05) is 24.3 Å². The van der Waals surface area contributed by atoms with E-state index < -0.39 is 6.10 Å². The molecule has 0 spiro atoms. The Hall–Kier alpha value is -2.94. The summed E-state index contributed by atoms with van der Waals surface area (Å²) in [6.07, 6.45) is -0.0365. The second kappa shape index (κ2) is 11.0. The molecule has 2 aromatic carbocycles. The lowest BCUT2D eigenvalue weighted by Gasteiger charge is -2.30. The number of benzene rings is 2. The van der Waals surface area contributed by atoms with Crippen LogP contribution in [0.5, 0.6) is 5.75 Å². The molecule has 0 aromatic heterocycles. The molecule has 2 atom stereocenters. The first-order valence-corrected chi connectivity index (χ1v) is 11.9. The molecular weight excluding hydrogens is 434 g/mol. The highest BCUT2D eigenvalue weighted by Gasteiger charge is 2.27. The lowest BCUT2D eigenvalue weighted by Crippen LogP contribution is -2.49.